The minimum atomic E-state index is 0.269. The maximum atomic E-state index is 5.74. The van der Waals surface area contributed by atoms with Crippen molar-refractivity contribution in [2.75, 3.05) is 0 Å². The van der Waals surface area contributed by atoms with Gasteiger partial charge in [-0.15, -0.1) is 0 Å². The zero-order valence-electron chi connectivity index (χ0n) is 11.0. The van der Waals surface area contributed by atoms with Gasteiger partial charge < -0.3 is 10.5 Å². The minimum absolute atomic E-state index is 0.269. The Hall–Kier alpha value is -1.40. The Bertz CT molecular complexity index is 553. The second-order valence-corrected chi connectivity index (χ2v) is 5.31. The summed E-state index contributed by atoms with van der Waals surface area (Å²) >= 11 is 3.45. The molecule has 0 aliphatic rings. The van der Waals surface area contributed by atoms with Gasteiger partial charge in [-0.1, -0.05) is 15.9 Å². The molecule has 1 aromatic heterocycles. The molecular formula is C13H17BrN4O. The van der Waals surface area contributed by atoms with Gasteiger partial charge in [0.2, 0.25) is 0 Å². The lowest BCUT2D eigenvalue weighted by molar-refractivity contribution is 0.282. The van der Waals surface area contributed by atoms with Gasteiger partial charge in [-0.3, -0.25) is 0 Å². The zero-order chi connectivity index (χ0) is 13.8. The van der Waals surface area contributed by atoms with Crippen molar-refractivity contribution in [2.24, 2.45) is 5.73 Å². The summed E-state index contributed by atoms with van der Waals surface area (Å²) in [5.74, 6) is 1.59. The van der Waals surface area contributed by atoms with Crippen molar-refractivity contribution in [3.05, 3.63) is 40.4 Å². The van der Waals surface area contributed by atoms with Gasteiger partial charge >= 0.3 is 0 Å². The van der Waals surface area contributed by atoms with Crippen LogP contribution in [-0.2, 0) is 13.2 Å². The first-order valence-corrected chi connectivity index (χ1v) is 6.90. The van der Waals surface area contributed by atoms with E-state index in [1.807, 2.05) is 22.9 Å². The van der Waals surface area contributed by atoms with Crippen LogP contribution in [-0.4, -0.2) is 14.8 Å². The number of nitrogens with zero attached hydrogens (tertiary/aromatic N) is 3. The Labute approximate surface area is 120 Å². The van der Waals surface area contributed by atoms with Crippen molar-refractivity contribution in [3.63, 3.8) is 0 Å². The van der Waals surface area contributed by atoms with Crippen LogP contribution in [0.2, 0.25) is 0 Å². The highest BCUT2D eigenvalue weighted by Crippen LogP contribution is 2.22. The molecule has 0 saturated carbocycles. The normalized spacial score (nSPS) is 11.0. The van der Waals surface area contributed by atoms with E-state index in [9.17, 15) is 0 Å². The summed E-state index contributed by atoms with van der Waals surface area (Å²) < 4.78 is 8.58. The third kappa shape index (κ3) is 3.33. The van der Waals surface area contributed by atoms with Gasteiger partial charge in [0, 0.05) is 17.1 Å². The molecular weight excluding hydrogens is 308 g/mol. The van der Waals surface area contributed by atoms with Gasteiger partial charge in [-0.05, 0) is 37.6 Å². The lowest BCUT2D eigenvalue weighted by atomic mass is 10.2. The van der Waals surface area contributed by atoms with E-state index in [1.54, 1.807) is 6.33 Å². The summed E-state index contributed by atoms with van der Waals surface area (Å²) in [6.45, 7) is 4.98. The van der Waals surface area contributed by atoms with Crippen LogP contribution >= 0.6 is 15.9 Å². The molecule has 0 radical (unpaired) electrons. The first kappa shape index (κ1) is 14.0. The average Bonchev–Trinajstić information content (AvgIpc) is 2.86. The monoisotopic (exact) mass is 324 g/mol. The lowest BCUT2D eigenvalue weighted by Crippen LogP contribution is -2.10. The molecule has 0 fully saturated rings. The molecule has 0 amide bonds. The number of hydrogen-bond acceptors (Lipinski definition) is 4. The highest BCUT2D eigenvalue weighted by atomic mass is 79.9. The van der Waals surface area contributed by atoms with Crippen molar-refractivity contribution >= 4 is 15.9 Å². The number of rotatable bonds is 5. The molecule has 0 unspecified atom stereocenters. The fourth-order valence-corrected chi connectivity index (χ4v) is 2.16. The van der Waals surface area contributed by atoms with Crippen LogP contribution in [0.3, 0.4) is 0 Å². The first-order chi connectivity index (χ1) is 9.11. The number of halogens is 1. The second-order valence-electron chi connectivity index (χ2n) is 4.46. The van der Waals surface area contributed by atoms with E-state index in [4.69, 9.17) is 10.5 Å². The van der Waals surface area contributed by atoms with E-state index in [2.05, 4.69) is 39.9 Å². The predicted molar refractivity (Wildman–Crippen MR) is 76.8 cm³/mol. The van der Waals surface area contributed by atoms with Crippen LogP contribution in [0, 0.1) is 0 Å². The van der Waals surface area contributed by atoms with Crippen molar-refractivity contribution in [1.29, 1.82) is 0 Å². The van der Waals surface area contributed by atoms with Crippen molar-refractivity contribution < 1.29 is 4.74 Å². The van der Waals surface area contributed by atoms with Gasteiger partial charge in [-0.25, -0.2) is 9.67 Å². The van der Waals surface area contributed by atoms with Gasteiger partial charge in [0.15, 0.2) is 5.82 Å². The molecule has 0 spiro atoms. The molecule has 0 aliphatic carbocycles. The summed E-state index contributed by atoms with van der Waals surface area (Å²) in [6, 6.07) is 6.04. The van der Waals surface area contributed by atoms with Gasteiger partial charge in [0.05, 0.1) is 0 Å². The standard InChI is InChI=1S/C13H17BrN4O/c1-9(2)18-13(16-8-17-18)7-19-11-3-4-12(14)10(5-11)6-15/h3-5,8-9H,6-7,15H2,1-2H3. The number of aromatic nitrogens is 3. The smallest absolute Gasteiger partial charge is 0.165 e. The molecule has 1 aromatic carbocycles. The fourth-order valence-electron chi connectivity index (χ4n) is 1.75. The Morgan fingerprint density at radius 3 is 2.89 bits per heavy atom. The quantitative estimate of drug-likeness (QED) is 0.918. The van der Waals surface area contributed by atoms with Gasteiger partial charge in [-0.2, -0.15) is 5.10 Å². The van der Waals surface area contributed by atoms with Crippen molar-refractivity contribution in [3.8, 4) is 5.75 Å². The van der Waals surface area contributed by atoms with Crippen molar-refractivity contribution in [2.45, 2.75) is 33.0 Å². The first-order valence-electron chi connectivity index (χ1n) is 6.11. The second kappa shape index (κ2) is 6.16. The molecule has 0 aliphatic heterocycles. The number of hydrogen-bond donors (Lipinski definition) is 1. The fraction of sp³-hybridized carbons (Fsp3) is 0.385. The van der Waals surface area contributed by atoms with E-state index >= 15 is 0 Å². The van der Waals surface area contributed by atoms with Crippen LogP contribution in [0.15, 0.2) is 29.0 Å². The minimum Gasteiger partial charge on any atom is -0.486 e. The van der Waals surface area contributed by atoms with E-state index in [1.165, 1.54) is 0 Å². The molecule has 0 bridgehead atoms. The molecule has 2 N–H and O–H groups in total. The highest BCUT2D eigenvalue weighted by Gasteiger charge is 2.08. The number of nitrogens with two attached hydrogens (primary N) is 1. The Balaban J connectivity index is 2.08. The summed E-state index contributed by atoms with van der Waals surface area (Å²) in [5, 5.41) is 4.17. The average molecular weight is 325 g/mol. The summed E-state index contributed by atoms with van der Waals surface area (Å²) in [4.78, 5) is 4.21. The molecule has 2 aromatic rings. The molecule has 1 heterocycles. The van der Waals surface area contributed by atoms with E-state index in [0.717, 1.165) is 21.6 Å². The third-order valence-corrected chi connectivity index (χ3v) is 3.52. The maximum Gasteiger partial charge on any atom is 0.165 e. The topological polar surface area (TPSA) is 66.0 Å². The number of benzene rings is 1. The Kier molecular flexibility index (Phi) is 4.55. The van der Waals surface area contributed by atoms with Crippen LogP contribution < -0.4 is 10.5 Å². The van der Waals surface area contributed by atoms with Crippen molar-refractivity contribution in [1.82, 2.24) is 14.8 Å². The molecule has 2 rings (SSSR count). The summed E-state index contributed by atoms with van der Waals surface area (Å²) in [5.41, 5.74) is 6.68. The Morgan fingerprint density at radius 1 is 1.42 bits per heavy atom. The zero-order valence-corrected chi connectivity index (χ0v) is 12.6. The summed E-state index contributed by atoms with van der Waals surface area (Å²) in [7, 11) is 0. The summed E-state index contributed by atoms with van der Waals surface area (Å²) in [6.07, 6.45) is 1.55. The maximum absolute atomic E-state index is 5.74. The van der Waals surface area contributed by atoms with E-state index in [0.29, 0.717) is 13.2 Å². The molecule has 102 valence electrons. The highest BCUT2D eigenvalue weighted by molar-refractivity contribution is 9.10. The van der Waals surface area contributed by atoms with Gasteiger partial charge in [0.25, 0.3) is 0 Å². The largest absolute Gasteiger partial charge is 0.486 e. The molecule has 0 atom stereocenters. The van der Waals surface area contributed by atoms with E-state index in [-0.39, 0.29) is 6.04 Å². The van der Waals surface area contributed by atoms with Crippen LogP contribution in [0.25, 0.3) is 0 Å². The molecule has 5 nitrogen and oxygen atoms in total. The predicted octanol–water partition coefficient (Wildman–Crippen LogP) is 2.66. The van der Waals surface area contributed by atoms with Crippen LogP contribution in [0.4, 0.5) is 0 Å². The molecule has 6 heteroatoms. The van der Waals surface area contributed by atoms with Crippen LogP contribution in [0.1, 0.15) is 31.3 Å². The van der Waals surface area contributed by atoms with Gasteiger partial charge in [0.1, 0.15) is 18.7 Å². The lowest BCUT2D eigenvalue weighted by Gasteiger charge is -2.11. The van der Waals surface area contributed by atoms with Crippen LogP contribution in [0.5, 0.6) is 5.75 Å². The van der Waals surface area contributed by atoms with E-state index < -0.39 is 0 Å². The third-order valence-electron chi connectivity index (χ3n) is 2.74. The Morgan fingerprint density at radius 2 is 2.21 bits per heavy atom. The SMILES string of the molecule is CC(C)n1ncnc1COc1ccc(Br)c(CN)c1. The molecule has 0 saturated heterocycles. The molecule has 19 heavy (non-hydrogen) atoms. The number of ether oxygens (including phenoxy) is 1.